The number of rotatable bonds is 0. The highest BCUT2D eigenvalue weighted by Crippen LogP contribution is 2.16. The first kappa shape index (κ1) is 0.888. The van der Waals surface area contributed by atoms with Gasteiger partial charge >= 0.3 is 0 Å². The van der Waals surface area contributed by atoms with Gasteiger partial charge in [-0.1, -0.05) is 33.9 Å². The Hall–Kier alpha value is 0. The highest BCUT2D eigenvalue weighted by molar-refractivity contribution is 4.55. The van der Waals surface area contributed by atoms with Gasteiger partial charge in [-0.2, -0.15) is 0 Å². The first-order valence-corrected chi connectivity index (χ1v) is 1.75. The van der Waals surface area contributed by atoms with Crippen LogP contribution in [0.4, 0.5) is 0 Å². The molecule has 0 unspecified atom stereocenters. The molecule has 0 aliphatic rings. The van der Waals surface area contributed by atoms with Gasteiger partial charge in [-0.3, -0.25) is 0 Å². The molecule has 0 saturated carbocycles. The monoisotopic (exact) mass is 94.2 g/mol. The molecule has 0 aliphatic carbocycles. The summed E-state index contributed by atoms with van der Waals surface area (Å²) < 4.78 is 57.5. The van der Waals surface area contributed by atoms with Crippen LogP contribution in [-0.4, -0.2) is 0 Å². The van der Waals surface area contributed by atoms with Gasteiger partial charge in [0.05, 0.1) is 0 Å². The molecular formula is C6H14. The second-order valence-electron chi connectivity index (χ2n) is 1.38. The Morgan fingerprint density at radius 3 is 2.33 bits per heavy atom. The lowest BCUT2D eigenvalue weighted by atomic mass is 9.94. The summed E-state index contributed by atoms with van der Waals surface area (Å²) in [5, 5.41) is 0. The molecule has 0 radical (unpaired) electrons. The minimum Gasteiger partial charge on any atom is -0.0649 e. The van der Waals surface area contributed by atoms with Crippen molar-refractivity contribution in [3.05, 3.63) is 0 Å². The van der Waals surface area contributed by atoms with E-state index >= 15 is 0 Å². The smallest absolute Gasteiger partial charge is 0.0269 e. The van der Waals surface area contributed by atoms with Gasteiger partial charge in [-0.25, -0.2) is 0 Å². The molecule has 0 heterocycles. The van der Waals surface area contributed by atoms with Crippen molar-refractivity contribution in [2.75, 3.05) is 0 Å². The summed E-state index contributed by atoms with van der Waals surface area (Å²) in [6.45, 7) is -3.81. The fourth-order valence-corrected chi connectivity index (χ4v) is 0. The van der Waals surface area contributed by atoms with Crippen molar-refractivity contribution in [2.45, 2.75) is 33.9 Å². The van der Waals surface area contributed by atoms with Crippen LogP contribution in [0.1, 0.15) is 44.9 Å². The molecule has 6 heavy (non-hydrogen) atoms. The fraction of sp³-hybridized carbons (Fsp3) is 1.00. The Balaban J connectivity index is 5.54. The summed E-state index contributed by atoms with van der Waals surface area (Å²) in [6, 6.07) is 0. The molecule has 0 N–H and O–H groups in total. The Morgan fingerprint density at radius 1 is 1.83 bits per heavy atom. The van der Waals surface area contributed by atoms with Crippen molar-refractivity contribution >= 4 is 0 Å². The first-order valence-electron chi connectivity index (χ1n) is 5.75. The van der Waals surface area contributed by atoms with E-state index in [1.165, 1.54) is 0 Å². The minimum absolute atomic E-state index is 0.938. The molecule has 0 aromatic carbocycles. The predicted molar refractivity (Wildman–Crippen MR) is 29.7 cm³/mol. The quantitative estimate of drug-likeness (QED) is 0.432. The van der Waals surface area contributed by atoms with E-state index in [0.29, 0.717) is 0 Å². The zero-order valence-electron chi connectivity index (χ0n) is 12.0. The van der Waals surface area contributed by atoms with E-state index in [-0.39, 0.29) is 0 Å². The Morgan fingerprint density at radius 2 is 2.33 bits per heavy atom. The van der Waals surface area contributed by atoms with Gasteiger partial charge in [0.1, 0.15) is 0 Å². The standard InChI is InChI=1S/C6H14/c1-5-6(2,3)4/h5H2,1-4H3/i2D3,3D3,5D2. The maximum absolute atomic E-state index is 7.34. The fourth-order valence-electron chi connectivity index (χ4n) is 0. The van der Waals surface area contributed by atoms with E-state index in [1.807, 2.05) is 0 Å². The third kappa shape index (κ3) is 4.00. The van der Waals surface area contributed by atoms with E-state index in [1.54, 1.807) is 0 Å². The second kappa shape index (κ2) is 1.63. The minimum atomic E-state index is -2.86. The van der Waals surface area contributed by atoms with E-state index in [4.69, 9.17) is 11.0 Å². The molecule has 0 aliphatic heterocycles. The predicted octanol–water partition coefficient (Wildman–Crippen LogP) is 2.44. The Labute approximate surface area is 51.8 Å². The van der Waals surface area contributed by atoms with E-state index in [9.17, 15) is 0 Å². The third-order valence-corrected chi connectivity index (χ3v) is 0.500. The topological polar surface area (TPSA) is 0 Å². The van der Waals surface area contributed by atoms with Gasteiger partial charge in [0.25, 0.3) is 0 Å². The van der Waals surface area contributed by atoms with Crippen LogP contribution in [0, 0.1) is 5.41 Å². The van der Waals surface area contributed by atoms with E-state index in [0.717, 1.165) is 13.8 Å². The first-order chi connectivity index (χ1) is 5.75. The molecule has 0 nitrogen and oxygen atoms in total. The second-order valence-corrected chi connectivity index (χ2v) is 1.38. The van der Waals surface area contributed by atoms with Gasteiger partial charge in [-0.05, 0) is 5.41 Å². The van der Waals surface area contributed by atoms with E-state index in [2.05, 4.69) is 0 Å². The molecule has 0 heteroatoms. The van der Waals surface area contributed by atoms with Gasteiger partial charge in [0, 0.05) is 11.0 Å². The largest absolute Gasteiger partial charge is 0.0649 e. The van der Waals surface area contributed by atoms with Crippen LogP contribution in [0.5, 0.6) is 0 Å². The average molecular weight is 94.2 g/mol. The van der Waals surface area contributed by atoms with Crippen LogP contribution in [0.25, 0.3) is 0 Å². The zero-order valence-corrected chi connectivity index (χ0v) is 4.00. The summed E-state index contributed by atoms with van der Waals surface area (Å²) >= 11 is 0. The zero-order chi connectivity index (χ0) is 12.0. The van der Waals surface area contributed by atoms with Crippen LogP contribution >= 0.6 is 0 Å². The Bertz CT molecular complexity index is 167. The Kier molecular flexibility index (Phi) is 0.242. The molecule has 0 spiro atoms. The molecule has 38 valence electrons. The molecule has 0 atom stereocenters. The molecule has 0 amide bonds. The molecule has 0 fully saturated rings. The van der Waals surface area contributed by atoms with Crippen LogP contribution in [0.15, 0.2) is 0 Å². The summed E-state index contributed by atoms with van der Waals surface area (Å²) in [4.78, 5) is 0. The lowest BCUT2D eigenvalue weighted by Gasteiger charge is -2.12. The molecule has 0 aromatic heterocycles. The highest BCUT2D eigenvalue weighted by atomic mass is 14.1. The van der Waals surface area contributed by atoms with Gasteiger partial charge in [-0.15, -0.1) is 0 Å². The van der Waals surface area contributed by atoms with Gasteiger partial charge < -0.3 is 0 Å². The van der Waals surface area contributed by atoms with Crippen molar-refractivity contribution in [3.8, 4) is 0 Å². The lowest BCUT2D eigenvalue weighted by molar-refractivity contribution is 0.398. The van der Waals surface area contributed by atoms with Crippen molar-refractivity contribution < 1.29 is 11.0 Å². The SMILES string of the molecule is [2H]C([2H])([2H])C(C)(C([2H])([2H])[2H])C([2H])([2H])C. The van der Waals surface area contributed by atoms with Crippen LogP contribution in [-0.2, 0) is 0 Å². The molecule has 0 saturated heterocycles. The van der Waals surface area contributed by atoms with Crippen molar-refractivity contribution in [1.29, 1.82) is 0 Å². The van der Waals surface area contributed by atoms with Crippen molar-refractivity contribution in [2.24, 2.45) is 5.41 Å². The van der Waals surface area contributed by atoms with E-state index < -0.39 is 25.5 Å². The summed E-state index contributed by atoms with van der Waals surface area (Å²) in [5.41, 5.74) is -2.35. The highest BCUT2D eigenvalue weighted by Gasteiger charge is 2.03. The normalized spacial score (nSPS) is 38.3. The van der Waals surface area contributed by atoms with Gasteiger partial charge in [0.2, 0.25) is 0 Å². The number of hydrogen-bond acceptors (Lipinski definition) is 0. The molecular weight excluding hydrogens is 72.1 g/mol. The van der Waals surface area contributed by atoms with Crippen LogP contribution in [0.2, 0.25) is 0 Å². The third-order valence-electron chi connectivity index (χ3n) is 0.500. The summed E-state index contributed by atoms with van der Waals surface area (Å²) in [5.74, 6) is 0. The lowest BCUT2D eigenvalue weighted by Crippen LogP contribution is -2.00. The summed E-state index contributed by atoms with van der Waals surface area (Å²) in [7, 11) is 0. The molecule has 0 bridgehead atoms. The maximum Gasteiger partial charge on any atom is 0.0269 e. The van der Waals surface area contributed by atoms with Crippen molar-refractivity contribution in [1.82, 2.24) is 0 Å². The van der Waals surface area contributed by atoms with Crippen LogP contribution < -0.4 is 0 Å². The van der Waals surface area contributed by atoms with Gasteiger partial charge in [0.15, 0.2) is 0 Å². The molecule has 0 rings (SSSR count). The van der Waals surface area contributed by atoms with Crippen molar-refractivity contribution in [3.63, 3.8) is 0 Å². The number of hydrogen-bond donors (Lipinski definition) is 0. The van der Waals surface area contributed by atoms with Crippen LogP contribution in [0.3, 0.4) is 0 Å². The molecule has 0 aromatic rings. The maximum atomic E-state index is 7.34. The average Bonchev–Trinajstić information content (AvgIpc) is 1.77. The summed E-state index contributed by atoms with van der Waals surface area (Å²) in [6.07, 6.45) is -2.30.